The fourth-order valence-corrected chi connectivity index (χ4v) is 2.23. The van der Waals surface area contributed by atoms with Gasteiger partial charge in [-0.3, -0.25) is 9.59 Å². The Bertz CT molecular complexity index is 405. The van der Waals surface area contributed by atoms with Crippen molar-refractivity contribution < 1.29 is 14.3 Å². The fourth-order valence-electron chi connectivity index (χ4n) is 2.23. The highest BCUT2D eigenvalue weighted by Crippen LogP contribution is 2.26. The van der Waals surface area contributed by atoms with E-state index in [1.165, 1.54) is 11.1 Å². The molecule has 3 heteroatoms. The molecule has 138 valence electrons. The first-order valence-electron chi connectivity index (χ1n) is 7.01. The monoisotopic (exact) mass is 328 g/mol. The molecule has 0 saturated carbocycles. The van der Waals surface area contributed by atoms with Gasteiger partial charge in [-0.1, -0.05) is 66.9 Å². The van der Waals surface area contributed by atoms with E-state index in [9.17, 15) is 9.59 Å². The second kappa shape index (κ2) is 14.2. The molecule has 3 nitrogen and oxygen atoms in total. The Labute approximate surface area is 145 Å². The van der Waals surface area contributed by atoms with Gasteiger partial charge in [0.05, 0.1) is 12.3 Å². The average Bonchev–Trinajstić information content (AvgIpc) is 2.68. The van der Waals surface area contributed by atoms with Gasteiger partial charge in [-0.2, -0.15) is 0 Å². The molecule has 0 radical (unpaired) electrons. The first-order chi connectivity index (χ1) is 8.93. The number of hydrogen-bond donors (Lipinski definition) is 0. The molecule has 1 heterocycles. The van der Waals surface area contributed by atoms with Crippen molar-refractivity contribution in [1.29, 1.82) is 0 Å². The van der Waals surface area contributed by atoms with Crippen LogP contribution in [0.3, 0.4) is 0 Å². The van der Waals surface area contributed by atoms with E-state index in [1.54, 1.807) is 0 Å². The third kappa shape index (κ3) is 10.1. The van der Waals surface area contributed by atoms with E-state index in [4.69, 9.17) is 0 Å². The normalized spacial score (nSPS) is 18.7. The van der Waals surface area contributed by atoms with E-state index < -0.39 is 5.97 Å². The largest absolute Gasteiger partial charge is 0.393 e. The summed E-state index contributed by atoms with van der Waals surface area (Å²) in [5.41, 5.74) is 2.67. The van der Waals surface area contributed by atoms with E-state index in [-0.39, 0.29) is 53.9 Å². The quantitative estimate of drug-likeness (QED) is 0.324. The summed E-state index contributed by atoms with van der Waals surface area (Å²) in [6.07, 6.45) is 7.70. The molecule has 1 rings (SSSR count). The molecule has 0 spiro atoms. The van der Waals surface area contributed by atoms with Crippen LogP contribution >= 0.6 is 0 Å². The highest BCUT2D eigenvalue weighted by molar-refractivity contribution is 5.94. The number of carbonyl (C=O) groups excluding carboxylic acids is 2. The summed E-state index contributed by atoms with van der Waals surface area (Å²) in [4.78, 5) is 22.5. The molecule has 2 atom stereocenters. The Morgan fingerprint density at radius 2 is 1.74 bits per heavy atom. The van der Waals surface area contributed by atoms with Crippen LogP contribution in [0.4, 0.5) is 0 Å². The summed E-state index contributed by atoms with van der Waals surface area (Å²) in [5, 5.41) is 0. The number of cyclic esters (lactones) is 2. The van der Waals surface area contributed by atoms with E-state index in [2.05, 4.69) is 37.7 Å². The van der Waals surface area contributed by atoms with Crippen LogP contribution in [0, 0.1) is 11.8 Å². The molecule has 0 amide bonds. The van der Waals surface area contributed by atoms with Gasteiger partial charge >= 0.3 is 11.9 Å². The third-order valence-electron chi connectivity index (χ3n) is 3.67. The standard InChI is InChI=1S/C16H24O3.4CH4/c1-5-11(2)7-6-8-12(3)9-13(4)14-10-15(17)19-16(14)18;;;;/h7,9,13-14H,5-6,8,10H2,1-4H3;4*1H4. The van der Waals surface area contributed by atoms with Gasteiger partial charge in [-0.25, -0.2) is 0 Å². The molecular weight excluding hydrogens is 288 g/mol. The minimum atomic E-state index is -0.394. The van der Waals surface area contributed by atoms with Crippen LogP contribution in [0.15, 0.2) is 23.3 Å². The van der Waals surface area contributed by atoms with Crippen LogP contribution in [0.5, 0.6) is 0 Å². The summed E-state index contributed by atoms with van der Waals surface area (Å²) in [7, 11) is 0. The second-order valence-corrected chi connectivity index (χ2v) is 5.42. The SMILES string of the molecule is C.C.C.C.CCC(C)=CCCC(C)=CC(C)C1CC(=O)OC1=O. The molecule has 0 bridgehead atoms. The maximum atomic E-state index is 11.5. The molecule has 0 aromatic heterocycles. The maximum Gasteiger partial charge on any atom is 0.317 e. The van der Waals surface area contributed by atoms with Gasteiger partial charge in [0.1, 0.15) is 0 Å². The molecule has 23 heavy (non-hydrogen) atoms. The first-order valence-corrected chi connectivity index (χ1v) is 7.01. The maximum absolute atomic E-state index is 11.5. The Balaban J connectivity index is -0.000000451. The fraction of sp³-hybridized carbons (Fsp3) is 0.700. The summed E-state index contributed by atoms with van der Waals surface area (Å²) < 4.78 is 4.59. The van der Waals surface area contributed by atoms with E-state index in [1.807, 2.05) is 6.92 Å². The van der Waals surface area contributed by atoms with Gasteiger partial charge < -0.3 is 4.74 Å². The smallest absolute Gasteiger partial charge is 0.317 e. The average molecular weight is 329 g/mol. The van der Waals surface area contributed by atoms with Crippen molar-refractivity contribution in [2.45, 2.75) is 83.1 Å². The number of rotatable bonds is 6. The number of esters is 2. The van der Waals surface area contributed by atoms with Crippen molar-refractivity contribution in [3.63, 3.8) is 0 Å². The zero-order chi connectivity index (χ0) is 14.4. The summed E-state index contributed by atoms with van der Waals surface area (Å²) in [5.74, 6) is -0.997. The second-order valence-electron chi connectivity index (χ2n) is 5.42. The van der Waals surface area contributed by atoms with Crippen LogP contribution in [0.1, 0.15) is 83.1 Å². The van der Waals surface area contributed by atoms with Crippen LogP contribution in [-0.2, 0) is 14.3 Å². The van der Waals surface area contributed by atoms with E-state index >= 15 is 0 Å². The molecule has 0 aliphatic carbocycles. The minimum Gasteiger partial charge on any atom is -0.393 e. The van der Waals surface area contributed by atoms with Gasteiger partial charge in [0.25, 0.3) is 0 Å². The molecular formula is C20H40O3. The summed E-state index contributed by atoms with van der Waals surface area (Å²) >= 11 is 0. The number of hydrogen-bond acceptors (Lipinski definition) is 3. The van der Waals surface area contributed by atoms with Crippen LogP contribution in [0.25, 0.3) is 0 Å². The Morgan fingerprint density at radius 3 is 2.17 bits per heavy atom. The molecule has 0 aromatic rings. The molecule has 1 fully saturated rings. The third-order valence-corrected chi connectivity index (χ3v) is 3.67. The lowest BCUT2D eigenvalue weighted by atomic mass is 9.90. The van der Waals surface area contributed by atoms with Crippen molar-refractivity contribution in [3.8, 4) is 0 Å². The molecule has 1 saturated heterocycles. The van der Waals surface area contributed by atoms with Crippen molar-refractivity contribution in [3.05, 3.63) is 23.3 Å². The first kappa shape index (κ1) is 29.6. The van der Waals surface area contributed by atoms with Crippen LogP contribution < -0.4 is 0 Å². The Kier molecular flexibility index (Phi) is 18.3. The lowest BCUT2D eigenvalue weighted by Crippen LogP contribution is -2.15. The van der Waals surface area contributed by atoms with E-state index in [0.717, 1.165) is 19.3 Å². The van der Waals surface area contributed by atoms with Gasteiger partial charge in [0.2, 0.25) is 0 Å². The molecule has 0 aromatic carbocycles. The van der Waals surface area contributed by atoms with Crippen LogP contribution in [0.2, 0.25) is 0 Å². The van der Waals surface area contributed by atoms with Crippen LogP contribution in [-0.4, -0.2) is 11.9 Å². The number of ether oxygens (including phenoxy) is 1. The van der Waals surface area contributed by atoms with E-state index in [0.29, 0.717) is 0 Å². The lowest BCUT2D eigenvalue weighted by Gasteiger charge is -2.11. The summed E-state index contributed by atoms with van der Waals surface area (Å²) in [6.45, 7) is 8.34. The summed E-state index contributed by atoms with van der Waals surface area (Å²) in [6, 6.07) is 0. The van der Waals surface area contributed by atoms with Gasteiger partial charge in [0.15, 0.2) is 0 Å². The van der Waals surface area contributed by atoms with Gasteiger partial charge in [-0.05, 0) is 39.0 Å². The van der Waals surface area contributed by atoms with Crippen molar-refractivity contribution >= 4 is 11.9 Å². The number of allylic oxidation sites excluding steroid dienone is 4. The molecule has 2 unspecified atom stereocenters. The minimum absolute atomic E-state index is 0. The molecule has 1 aliphatic heterocycles. The van der Waals surface area contributed by atoms with Crippen molar-refractivity contribution in [1.82, 2.24) is 0 Å². The van der Waals surface area contributed by atoms with Gasteiger partial charge in [-0.15, -0.1) is 0 Å². The highest BCUT2D eigenvalue weighted by Gasteiger charge is 2.36. The Hall–Kier alpha value is -1.38. The Morgan fingerprint density at radius 1 is 1.17 bits per heavy atom. The van der Waals surface area contributed by atoms with Crippen molar-refractivity contribution in [2.24, 2.45) is 11.8 Å². The molecule has 0 N–H and O–H groups in total. The predicted octanol–water partition coefficient (Wildman–Crippen LogP) is 6.34. The highest BCUT2D eigenvalue weighted by atomic mass is 16.6. The molecule has 1 aliphatic rings. The predicted molar refractivity (Wildman–Crippen MR) is 102 cm³/mol. The topological polar surface area (TPSA) is 43.4 Å². The van der Waals surface area contributed by atoms with Crippen molar-refractivity contribution in [2.75, 3.05) is 0 Å². The zero-order valence-corrected chi connectivity index (χ0v) is 12.4. The zero-order valence-electron chi connectivity index (χ0n) is 12.4. The number of carbonyl (C=O) groups is 2. The lowest BCUT2D eigenvalue weighted by molar-refractivity contribution is -0.153. The van der Waals surface area contributed by atoms with Gasteiger partial charge in [0, 0.05) is 0 Å².